The van der Waals surface area contributed by atoms with Crippen LogP contribution in [0, 0.1) is 5.82 Å². The summed E-state index contributed by atoms with van der Waals surface area (Å²) in [6.45, 7) is 0.181. The Balaban J connectivity index is 1.69. The van der Waals surface area contributed by atoms with Crippen LogP contribution in [0.15, 0.2) is 60.8 Å². The van der Waals surface area contributed by atoms with Crippen LogP contribution in [0.1, 0.15) is 11.3 Å². The van der Waals surface area contributed by atoms with Crippen molar-refractivity contribution in [2.24, 2.45) is 0 Å². The van der Waals surface area contributed by atoms with E-state index in [0.717, 1.165) is 0 Å². The van der Waals surface area contributed by atoms with Crippen LogP contribution in [-0.2, 0) is 11.3 Å². The number of amides is 1. The molecule has 0 saturated carbocycles. The summed E-state index contributed by atoms with van der Waals surface area (Å²) in [5.41, 5.74) is 1.59. The Hall–Kier alpha value is -3.98. The number of ether oxygens (including phenoxy) is 3. The number of benzene rings is 2. The first-order valence-corrected chi connectivity index (χ1v) is 11.1. The number of fused-ring (bicyclic) bond motifs is 1. The van der Waals surface area contributed by atoms with Crippen LogP contribution >= 0.6 is 11.3 Å². The van der Waals surface area contributed by atoms with Crippen LogP contribution in [0.3, 0.4) is 0 Å². The van der Waals surface area contributed by atoms with Gasteiger partial charge in [0.05, 0.1) is 38.3 Å². The Labute approximate surface area is 200 Å². The van der Waals surface area contributed by atoms with Crippen molar-refractivity contribution in [1.82, 2.24) is 9.97 Å². The minimum absolute atomic E-state index is 0.181. The van der Waals surface area contributed by atoms with Gasteiger partial charge in [-0.15, -0.1) is 0 Å². The van der Waals surface area contributed by atoms with Crippen molar-refractivity contribution >= 4 is 38.7 Å². The normalized spacial score (nSPS) is 11.1. The van der Waals surface area contributed by atoms with E-state index in [-0.39, 0.29) is 18.0 Å². The molecule has 1 amide bonds. The number of carbonyl (C=O) groups excluding carboxylic acids is 1. The fourth-order valence-electron chi connectivity index (χ4n) is 3.37. The molecule has 0 N–H and O–H groups in total. The third-order valence-electron chi connectivity index (χ3n) is 5.01. The molecule has 9 heteroatoms. The van der Waals surface area contributed by atoms with E-state index in [1.165, 1.54) is 49.7 Å². The van der Waals surface area contributed by atoms with E-state index in [1.807, 2.05) is 12.1 Å². The van der Waals surface area contributed by atoms with Crippen LogP contribution in [0.5, 0.6) is 17.2 Å². The molecular weight excluding hydrogens is 457 g/mol. The van der Waals surface area contributed by atoms with Gasteiger partial charge in [-0.3, -0.25) is 14.7 Å². The van der Waals surface area contributed by atoms with E-state index in [2.05, 4.69) is 9.97 Å². The Bertz CT molecular complexity index is 1320. The van der Waals surface area contributed by atoms with Crippen molar-refractivity contribution in [2.75, 3.05) is 26.2 Å². The molecule has 0 saturated heterocycles. The quantitative estimate of drug-likeness (QED) is 0.327. The fraction of sp³-hybridized carbons (Fsp3) is 0.160. The zero-order chi connectivity index (χ0) is 24.1. The summed E-state index contributed by atoms with van der Waals surface area (Å²) in [6.07, 6.45) is 4.72. The summed E-state index contributed by atoms with van der Waals surface area (Å²) in [7, 11) is 4.57. The van der Waals surface area contributed by atoms with Crippen LogP contribution in [0.25, 0.3) is 16.3 Å². The minimum atomic E-state index is -0.432. The monoisotopic (exact) mass is 479 g/mol. The highest BCUT2D eigenvalue weighted by atomic mass is 32.1. The van der Waals surface area contributed by atoms with Gasteiger partial charge in [0, 0.05) is 12.3 Å². The summed E-state index contributed by atoms with van der Waals surface area (Å²) < 4.78 is 31.0. The molecule has 2 aromatic heterocycles. The lowest BCUT2D eigenvalue weighted by atomic mass is 10.1. The maximum Gasteiger partial charge on any atom is 0.253 e. The molecule has 0 radical (unpaired) electrons. The Morgan fingerprint density at radius 3 is 2.44 bits per heavy atom. The molecule has 0 fully saturated rings. The van der Waals surface area contributed by atoms with Gasteiger partial charge in [0.25, 0.3) is 5.91 Å². The lowest BCUT2D eigenvalue weighted by Crippen LogP contribution is -2.29. The van der Waals surface area contributed by atoms with E-state index >= 15 is 0 Å². The van der Waals surface area contributed by atoms with E-state index < -0.39 is 5.82 Å². The molecule has 174 valence electrons. The standard InChI is InChI=1S/C25H22FN3O4S/c1-31-19-13-16(14-20(32-2)24(19)33-3)10-11-22(30)29(15-17-7-4-5-12-27-17)25-28-23-18(26)8-6-9-21(23)34-25/h4-14H,15H2,1-3H3/b11-10+. The van der Waals surface area contributed by atoms with Crippen LogP contribution < -0.4 is 19.1 Å². The average molecular weight is 480 g/mol. The third kappa shape index (κ3) is 4.84. The molecule has 0 spiro atoms. The molecule has 0 aliphatic carbocycles. The van der Waals surface area contributed by atoms with Crippen LogP contribution in [-0.4, -0.2) is 37.2 Å². The predicted molar refractivity (Wildman–Crippen MR) is 130 cm³/mol. The van der Waals surface area contributed by atoms with Gasteiger partial charge in [-0.05, 0) is 48.0 Å². The van der Waals surface area contributed by atoms with E-state index in [4.69, 9.17) is 14.2 Å². The number of rotatable bonds is 8. The second kappa shape index (κ2) is 10.3. The smallest absolute Gasteiger partial charge is 0.253 e. The third-order valence-corrected chi connectivity index (χ3v) is 6.05. The molecule has 0 bridgehead atoms. The first-order chi connectivity index (χ1) is 16.5. The Morgan fingerprint density at radius 2 is 1.82 bits per heavy atom. The number of carbonyl (C=O) groups is 1. The number of nitrogens with zero attached hydrogens (tertiary/aromatic N) is 3. The molecule has 0 unspecified atom stereocenters. The summed E-state index contributed by atoms with van der Waals surface area (Å²) in [5, 5.41) is 0.380. The maximum absolute atomic E-state index is 14.2. The van der Waals surface area contributed by atoms with E-state index in [9.17, 15) is 9.18 Å². The van der Waals surface area contributed by atoms with Gasteiger partial charge < -0.3 is 14.2 Å². The van der Waals surface area contributed by atoms with Crippen molar-refractivity contribution in [2.45, 2.75) is 6.54 Å². The molecular formula is C25H22FN3O4S. The number of hydrogen-bond acceptors (Lipinski definition) is 7. The molecule has 2 heterocycles. The molecule has 0 aliphatic rings. The van der Waals surface area contributed by atoms with Gasteiger partial charge >= 0.3 is 0 Å². The number of hydrogen-bond donors (Lipinski definition) is 0. The number of methoxy groups -OCH3 is 3. The number of halogens is 1. The Morgan fingerprint density at radius 1 is 1.06 bits per heavy atom. The van der Waals surface area contributed by atoms with Gasteiger partial charge in [-0.1, -0.05) is 23.5 Å². The predicted octanol–water partition coefficient (Wildman–Crippen LogP) is 5.10. The molecule has 4 rings (SSSR count). The molecule has 7 nitrogen and oxygen atoms in total. The Kier molecular flexibility index (Phi) is 7.03. The molecule has 34 heavy (non-hydrogen) atoms. The minimum Gasteiger partial charge on any atom is -0.493 e. The number of anilines is 1. The van der Waals surface area contributed by atoms with Crippen molar-refractivity contribution in [3.8, 4) is 17.2 Å². The van der Waals surface area contributed by atoms with E-state index in [0.29, 0.717) is 38.3 Å². The lowest BCUT2D eigenvalue weighted by Gasteiger charge is -2.18. The van der Waals surface area contributed by atoms with Crippen molar-refractivity contribution in [3.05, 3.63) is 77.9 Å². The fourth-order valence-corrected chi connectivity index (χ4v) is 4.35. The zero-order valence-corrected chi connectivity index (χ0v) is 19.6. The molecule has 4 aromatic rings. The SMILES string of the molecule is COc1cc(/C=C/C(=O)N(Cc2ccccn2)c2nc3c(F)cccc3s2)cc(OC)c1OC. The van der Waals surface area contributed by atoms with Crippen molar-refractivity contribution < 1.29 is 23.4 Å². The van der Waals surface area contributed by atoms with Gasteiger partial charge in [0.1, 0.15) is 11.3 Å². The second-order valence-corrected chi connectivity index (χ2v) is 8.13. The number of thiazole rings is 1. The summed E-state index contributed by atoms with van der Waals surface area (Å²) >= 11 is 1.24. The number of pyridine rings is 1. The highest BCUT2D eigenvalue weighted by Gasteiger charge is 2.20. The topological polar surface area (TPSA) is 73.8 Å². The lowest BCUT2D eigenvalue weighted by molar-refractivity contribution is -0.114. The van der Waals surface area contributed by atoms with Gasteiger partial charge in [0.15, 0.2) is 16.6 Å². The molecule has 2 aromatic carbocycles. The maximum atomic E-state index is 14.2. The van der Waals surface area contributed by atoms with E-state index in [1.54, 1.807) is 42.6 Å². The highest BCUT2D eigenvalue weighted by Crippen LogP contribution is 2.38. The second-order valence-electron chi connectivity index (χ2n) is 7.12. The zero-order valence-electron chi connectivity index (χ0n) is 18.8. The van der Waals surface area contributed by atoms with Crippen molar-refractivity contribution in [1.29, 1.82) is 0 Å². The largest absolute Gasteiger partial charge is 0.493 e. The molecule has 0 atom stereocenters. The number of para-hydroxylation sites is 1. The summed E-state index contributed by atoms with van der Waals surface area (Å²) in [6, 6.07) is 13.7. The average Bonchev–Trinajstić information content (AvgIpc) is 3.31. The van der Waals surface area contributed by atoms with Crippen molar-refractivity contribution in [3.63, 3.8) is 0 Å². The molecule has 0 aliphatic heterocycles. The van der Waals surface area contributed by atoms with Crippen LogP contribution in [0.2, 0.25) is 0 Å². The van der Waals surface area contributed by atoms with Gasteiger partial charge in [0.2, 0.25) is 5.75 Å². The highest BCUT2D eigenvalue weighted by molar-refractivity contribution is 7.22. The summed E-state index contributed by atoms with van der Waals surface area (Å²) in [5.74, 6) is 0.640. The summed E-state index contributed by atoms with van der Waals surface area (Å²) in [4.78, 5) is 23.5. The number of aromatic nitrogens is 2. The van der Waals surface area contributed by atoms with Crippen LogP contribution in [0.4, 0.5) is 9.52 Å². The van der Waals surface area contributed by atoms with Gasteiger partial charge in [-0.2, -0.15) is 0 Å². The van der Waals surface area contributed by atoms with Gasteiger partial charge in [-0.25, -0.2) is 9.37 Å². The first-order valence-electron chi connectivity index (χ1n) is 10.3. The first kappa shape index (κ1) is 23.2.